The van der Waals surface area contributed by atoms with E-state index in [2.05, 4.69) is 22.0 Å². The number of nitrogens with zero attached hydrogens (tertiary/aromatic N) is 5. The zero-order valence-electron chi connectivity index (χ0n) is 12.1. The molecule has 2 aromatic heterocycles. The van der Waals surface area contributed by atoms with E-state index in [9.17, 15) is 9.59 Å². The first-order chi connectivity index (χ1) is 10.0. The topological polar surface area (TPSA) is 70.8 Å². The molecule has 112 valence electrons. The van der Waals surface area contributed by atoms with Crippen molar-refractivity contribution in [3.05, 3.63) is 27.1 Å². The lowest BCUT2D eigenvalue weighted by Gasteiger charge is -2.32. The number of fused-ring (bicyclic) bond motifs is 1. The molecule has 0 saturated carbocycles. The Morgan fingerprint density at radius 1 is 1.33 bits per heavy atom. The van der Waals surface area contributed by atoms with Crippen LogP contribution in [0.3, 0.4) is 0 Å². The first-order valence-corrected chi connectivity index (χ1v) is 7.73. The molecular weight excluding hydrogens is 290 g/mol. The third kappa shape index (κ3) is 2.81. The quantitative estimate of drug-likeness (QED) is 0.767. The predicted octanol–water partition coefficient (Wildman–Crippen LogP) is -0.224. The summed E-state index contributed by atoms with van der Waals surface area (Å²) in [6.07, 6.45) is 0.292. The molecule has 1 saturated heterocycles. The first kappa shape index (κ1) is 14.2. The van der Waals surface area contributed by atoms with E-state index in [0.29, 0.717) is 17.1 Å². The van der Waals surface area contributed by atoms with Crippen LogP contribution in [0.15, 0.2) is 10.2 Å². The highest BCUT2D eigenvalue weighted by Crippen LogP contribution is 2.14. The Bertz CT molecular complexity index is 730. The van der Waals surface area contributed by atoms with Crippen LogP contribution in [0.25, 0.3) is 4.96 Å². The Morgan fingerprint density at radius 2 is 2.05 bits per heavy atom. The van der Waals surface area contributed by atoms with Gasteiger partial charge in [0.05, 0.1) is 12.1 Å². The lowest BCUT2D eigenvalue weighted by Crippen LogP contribution is -2.47. The summed E-state index contributed by atoms with van der Waals surface area (Å²) in [7, 11) is 2.06. The molecule has 0 N–H and O–H groups in total. The fourth-order valence-corrected chi connectivity index (χ4v) is 3.14. The van der Waals surface area contributed by atoms with Crippen molar-refractivity contribution in [2.24, 2.45) is 0 Å². The van der Waals surface area contributed by atoms with Gasteiger partial charge < -0.3 is 9.80 Å². The Labute approximate surface area is 125 Å². The number of hydrogen-bond acceptors (Lipinski definition) is 6. The van der Waals surface area contributed by atoms with Crippen molar-refractivity contribution in [3.63, 3.8) is 0 Å². The monoisotopic (exact) mass is 307 g/mol. The van der Waals surface area contributed by atoms with Gasteiger partial charge in [-0.2, -0.15) is 10.1 Å². The predicted molar refractivity (Wildman–Crippen MR) is 79.7 cm³/mol. The Kier molecular flexibility index (Phi) is 3.73. The molecule has 0 unspecified atom stereocenters. The van der Waals surface area contributed by atoms with Crippen LogP contribution in [0.5, 0.6) is 0 Å². The number of hydrogen-bond donors (Lipinski definition) is 0. The summed E-state index contributed by atoms with van der Waals surface area (Å²) in [6.45, 7) is 4.96. The van der Waals surface area contributed by atoms with E-state index < -0.39 is 0 Å². The minimum Gasteiger partial charge on any atom is -0.340 e. The van der Waals surface area contributed by atoms with Gasteiger partial charge in [-0.05, 0) is 14.0 Å². The number of rotatable bonds is 2. The number of thiazole rings is 1. The second-order valence-electron chi connectivity index (χ2n) is 5.28. The summed E-state index contributed by atoms with van der Waals surface area (Å²) in [6, 6.07) is 0. The molecule has 0 bridgehead atoms. The largest absolute Gasteiger partial charge is 0.340 e. The maximum Gasteiger partial charge on any atom is 0.295 e. The standard InChI is InChI=1S/C13H17N5O2S/c1-9-12(20)14-13-18(15-9)10(8-21-13)7-11(19)17-5-3-16(2)4-6-17/h8H,3-7H2,1-2H3. The molecule has 1 amide bonds. The van der Waals surface area contributed by atoms with Gasteiger partial charge in [-0.3, -0.25) is 9.59 Å². The van der Waals surface area contributed by atoms with Crippen molar-refractivity contribution in [2.45, 2.75) is 13.3 Å². The molecule has 1 aliphatic rings. The third-order valence-corrected chi connectivity index (χ3v) is 4.56. The molecule has 0 spiro atoms. The Hall–Kier alpha value is -1.80. The van der Waals surface area contributed by atoms with Gasteiger partial charge in [0.15, 0.2) is 0 Å². The van der Waals surface area contributed by atoms with E-state index in [4.69, 9.17) is 0 Å². The van der Waals surface area contributed by atoms with Gasteiger partial charge in [-0.25, -0.2) is 4.52 Å². The molecular formula is C13H17N5O2S. The van der Waals surface area contributed by atoms with E-state index in [1.54, 1.807) is 11.4 Å². The Balaban J connectivity index is 1.80. The number of amides is 1. The number of carbonyl (C=O) groups excluding carboxylic acids is 1. The summed E-state index contributed by atoms with van der Waals surface area (Å²) >= 11 is 1.34. The molecule has 3 heterocycles. The van der Waals surface area contributed by atoms with Crippen LogP contribution in [0.2, 0.25) is 0 Å². The molecule has 0 atom stereocenters. The van der Waals surface area contributed by atoms with Crippen LogP contribution < -0.4 is 5.56 Å². The van der Waals surface area contributed by atoms with Gasteiger partial charge in [0.2, 0.25) is 10.9 Å². The van der Waals surface area contributed by atoms with E-state index in [-0.39, 0.29) is 11.5 Å². The van der Waals surface area contributed by atoms with Crippen molar-refractivity contribution < 1.29 is 4.79 Å². The molecule has 1 aliphatic heterocycles. The lowest BCUT2D eigenvalue weighted by molar-refractivity contribution is -0.132. The van der Waals surface area contributed by atoms with Gasteiger partial charge in [0.1, 0.15) is 5.69 Å². The lowest BCUT2D eigenvalue weighted by atomic mass is 10.2. The Morgan fingerprint density at radius 3 is 2.76 bits per heavy atom. The minimum atomic E-state index is -0.311. The molecule has 0 aromatic carbocycles. The second-order valence-corrected chi connectivity index (χ2v) is 6.12. The third-order valence-electron chi connectivity index (χ3n) is 3.70. The van der Waals surface area contributed by atoms with Crippen molar-refractivity contribution in [2.75, 3.05) is 33.2 Å². The van der Waals surface area contributed by atoms with Crippen LogP contribution in [-0.4, -0.2) is 63.5 Å². The summed E-state index contributed by atoms with van der Waals surface area (Å²) in [5.74, 6) is 0.0981. The maximum absolute atomic E-state index is 12.4. The molecule has 8 heteroatoms. The summed E-state index contributed by atoms with van der Waals surface area (Å²) in [5, 5.41) is 6.07. The molecule has 7 nitrogen and oxygen atoms in total. The fourth-order valence-electron chi connectivity index (χ4n) is 2.32. The van der Waals surface area contributed by atoms with Crippen LogP contribution in [0, 0.1) is 6.92 Å². The average molecular weight is 307 g/mol. The number of likely N-dealkylation sites (N-methyl/N-ethyl adjacent to an activating group) is 1. The SMILES string of the molecule is Cc1nn2c(CC(=O)N3CCN(C)CC3)csc2nc1=O. The molecule has 0 radical (unpaired) electrons. The molecule has 3 rings (SSSR count). The van der Waals surface area contributed by atoms with E-state index in [1.165, 1.54) is 11.3 Å². The van der Waals surface area contributed by atoms with Gasteiger partial charge >= 0.3 is 0 Å². The van der Waals surface area contributed by atoms with Crippen molar-refractivity contribution in [1.82, 2.24) is 24.4 Å². The second kappa shape index (κ2) is 5.53. The molecule has 2 aromatic rings. The van der Waals surface area contributed by atoms with E-state index in [1.807, 2.05) is 10.3 Å². The van der Waals surface area contributed by atoms with Crippen molar-refractivity contribution in [3.8, 4) is 0 Å². The number of aromatic nitrogens is 3. The van der Waals surface area contributed by atoms with E-state index in [0.717, 1.165) is 31.9 Å². The van der Waals surface area contributed by atoms with Crippen LogP contribution >= 0.6 is 11.3 Å². The van der Waals surface area contributed by atoms with E-state index >= 15 is 0 Å². The van der Waals surface area contributed by atoms with Crippen LogP contribution in [-0.2, 0) is 11.2 Å². The van der Waals surface area contributed by atoms with Gasteiger partial charge in [-0.15, -0.1) is 11.3 Å². The summed E-state index contributed by atoms with van der Waals surface area (Å²) in [4.78, 5) is 32.4. The zero-order valence-corrected chi connectivity index (χ0v) is 12.9. The first-order valence-electron chi connectivity index (χ1n) is 6.85. The van der Waals surface area contributed by atoms with Gasteiger partial charge in [-0.1, -0.05) is 0 Å². The average Bonchev–Trinajstić information content (AvgIpc) is 2.82. The highest BCUT2D eigenvalue weighted by molar-refractivity contribution is 7.15. The maximum atomic E-state index is 12.4. The normalized spacial score (nSPS) is 16.6. The summed E-state index contributed by atoms with van der Waals surface area (Å²) < 4.78 is 1.61. The van der Waals surface area contributed by atoms with Crippen LogP contribution in [0.4, 0.5) is 0 Å². The van der Waals surface area contributed by atoms with Gasteiger partial charge in [0.25, 0.3) is 5.56 Å². The minimum absolute atomic E-state index is 0.0981. The molecule has 1 fully saturated rings. The molecule has 21 heavy (non-hydrogen) atoms. The number of aryl methyl sites for hydroxylation is 1. The van der Waals surface area contributed by atoms with Crippen molar-refractivity contribution >= 4 is 22.2 Å². The van der Waals surface area contributed by atoms with Crippen molar-refractivity contribution in [1.29, 1.82) is 0 Å². The fraction of sp³-hybridized carbons (Fsp3) is 0.538. The smallest absolute Gasteiger partial charge is 0.295 e. The highest BCUT2D eigenvalue weighted by Gasteiger charge is 2.20. The highest BCUT2D eigenvalue weighted by atomic mass is 32.1. The van der Waals surface area contributed by atoms with Gasteiger partial charge in [0, 0.05) is 31.6 Å². The molecule has 0 aliphatic carbocycles. The number of piperazine rings is 1. The summed E-state index contributed by atoms with van der Waals surface area (Å²) in [5.41, 5.74) is 0.822. The van der Waals surface area contributed by atoms with Crippen LogP contribution in [0.1, 0.15) is 11.4 Å². The number of carbonyl (C=O) groups is 1. The zero-order chi connectivity index (χ0) is 15.0.